The molecule has 0 aliphatic carbocycles. The number of nitrogens with zero attached hydrogens (tertiary/aromatic N) is 1. The van der Waals surface area contributed by atoms with Crippen molar-refractivity contribution in [3.8, 4) is 0 Å². The second kappa shape index (κ2) is 5.49. The van der Waals surface area contributed by atoms with Crippen molar-refractivity contribution in [2.45, 2.75) is 24.9 Å². The average molecular weight is 280 g/mol. The van der Waals surface area contributed by atoms with Gasteiger partial charge in [0.05, 0.1) is 6.04 Å². The highest BCUT2D eigenvalue weighted by molar-refractivity contribution is 6.30. The van der Waals surface area contributed by atoms with Gasteiger partial charge >= 0.3 is 0 Å². The summed E-state index contributed by atoms with van der Waals surface area (Å²) in [5.74, 6) is 0.175. The topological polar surface area (TPSA) is 44.4 Å². The summed E-state index contributed by atoms with van der Waals surface area (Å²) in [7, 11) is 0. The summed E-state index contributed by atoms with van der Waals surface area (Å²) in [6.07, 6.45) is 1.97. The molecule has 2 heterocycles. The monoisotopic (exact) mass is 279 g/mol. The molecule has 0 radical (unpaired) electrons. The Kier molecular flexibility index (Phi) is 3.73. The van der Waals surface area contributed by atoms with Crippen molar-refractivity contribution in [1.29, 1.82) is 0 Å². The molecule has 1 amide bonds. The lowest BCUT2D eigenvalue weighted by Crippen LogP contribution is -2.44. The summed E-state index contributed by atoms with van der Waals surface area (Å²) in [6.45, 7) is 2.78. The Morgan fingerprint density at radius 3 is 2.74 bits per heavy atom. The van der Waals surface area contributed by atoms with Crippen molar-refractivity contribution in [2.24, 2.45) is 0 Å². The van der Waals surface area contributed by atoms with Crippen LogP contribution in [0.4, 0.5) is 5.69 Å². The highest BCUT2D eigenvalue weighted by atomic mass is 35.5. The van der Waals surface area contributed by atoms with E-state index in [0.717, 1.165) is 38.2 Å². The maximum atomic E-state index is 12.4. The lowest BCUT2D eigenvalue weighted by atomic mass is 10.2. The van der Waals surface area contributed by atoms with Crippen LogP contribution in [0.3, 0.4) is 0 Å². The molecule has 0 bridgehead atoms. The Bertz CT molecular complexity index is 456. The van der Waals surface area contributed by atoms with Gasteiger partial charge in [-0.1, -0.05) is 11.6 Å². The Balaban J connectivity index is 1.66. The van der Waals surface area contributed by atoms with E-state index in [1.165, 1.54) is 0 Å². The van der Waals surface area contributed by atoms with Crippen molar-refractivity contribution in [3.05, 3.63) is 29.3 Å². The number of benzene rings is 1. The standard InChI is InChI=1S/C14H18ClN3O/c15-10-1-3-12(4-2-10)18-8-6-13(14(18)19)17-11-5-7-16-9-11/h1-4,11,13,16-17H,5-9H2. The van der Waals surface area contributed by atoms with E-state index >= 15 is 0 Å². The molecule has 2 fully saturated rings. The third-order valence-electron chi connectivity index (χ3n) is 3.84. The maximum Gasteiger partial charge on any atom is 0.244 e. The van der Waals surface area contributed by atoms with Gasteiger partial charge in [-0.15, -0.1) is 0 Å². The van der Waals surface area contributed by atoms with Gasteiger partial charge in [-0.05, 0) is 43.7 Å². The van der Waals surface area contributed by atoms with E-state index < -0.39 is 0 Å². The van der Waals surface area contributed by atoms with E-state index in [-0.39, 0.29) is 11.9 Å². The summed E-state index contributed by atoms with van der Waals surface area (Å²) in [4.78, 5) is 14.2. The highest BCUT2D eigenvalue weighted by Gasteiger charge is 2.34. The van der Waals surface area contributed by atoms with Crippen molar-refractivity contribution >= 4 is 23.2 Å². The van der Waals surface area contributed by atoms with Crippen molar-refractivity contribution in [2.75, 3.05) is 24.5 Å². The van der Waals surface area contributed by atoms with Crippen LogP contribution in [-0.4, -0.2) is 37.6 Å². The zero-order valence-electron chi connectivity index (χ0n) is 10.7. The number of nitrogens with one attached hydrogen (secondary N) is 2. The minimum Gasteiger partial charge on any atom is -0.315 e. The largest absolute Gasteiger partial charge is 0.315 e. The fraction of sp³-hybridized carbons (Fsp3) is 0.500. The Labute approximate surface area is 118 Å². The summed E-state index contributed by atoms with van der Waals surface area (Å²) in [5, 5.41) is 7.46. The minimum atomic E-state index is -0.0411. The number of halogens is 1. The van der Waals surface area contributed by atoms with Gasteiger partial charge in [0, 0.05) is 29.8 Å². The predicted octanol–water partition coefficient (Wildman–Crippen LogP) is 1.40. The van der Waals surface area contributed by atoms with Crippen LogP contribution >= 0.6 is 11.6 Å². The molecular formula is C14H18ClN3O. The van der Waals surface area contributed by atoms with E-state index in [9.17, 15) is 4.79 Å². The molecule has 2 saturated heterocycles. The van der Waals surface area contributed by atoms with E-state index in [1.54, 1.807) is 0 Å². The number of hydrogen-bond donors (Lipinski definition) is 2. The quantitative estimate of drug-likeness (QED) is 0.879. The molecule has 0 aromatic heterocycles. The first-order valence-corrected chi connectivity index (χ1v) is 7.15. The highest BCUT2D eigenvalue weighted by Crippen LogP contribution is 2.23. The second-order valence-corrected chi connectivity index (χ2v) is 5.60. The van der Waals surface area contributed by atoms with Crippen LogP contribution < -0.4 is 15.5 Å². The number of amides is 1. The Hall–Kier alpha value is -1.10. The molecule has 2 aliphatic rings. The molecule has 0 saturated carbocycles. The van der Waals surface area contributed by atoms with Gasteiger partial charge in [-0.2, -0.15) is 0 Å². The van der Waals surface area contributed by atoms with Crippen LogP contribution in [0.15, 0.2) is 24.3 Å². The first-order valence-electron chi connectivity index (χ1n) is 6.78. The second-order valence-electron chi connectivity index (χ2n) is 5.16. The molecule has 2 unspecified atom stereocenters. The van der Waals surface area contributed by atoms with E-state index in [1.807, 2.05) is 29.2 Å². The van der Waals surface area contributed by atoms with Crippen molar-refractivity contribution in [1.82, 2.24) is 10.6 Å². The van der Waals surface area contributed by atoms with Gasteiger partial charge in [0.2, 0.25) is 5.91 Å². The molecular weight excluding hydrogens is 262 g/mol. The molecule has 5 heteroatoms. The minimum absolute atomic E-state index is 0.0411. The van der Waals surface area contributed by atoms with Crippen LogP contribution in [0.5, 0.6) is 0 Å². The van der Waals surface area contributed by atoms with Gasteiger partial charge in [0.15, 0.2) is 0 Å². The third kappa shape index (κ3) is 2.76. The van der Waals surface area contributed by atoms with Crippen LogP contribution in [-0.2, 0) is 4.79 Å². The number of rotatable bonds is 3. The van der Waals surface area contributed by atoms with Crippen LogP contribution in [0.25, 0.3) is 0 Å². The first-order chi connectivity index (χ1) is 9.24. The lowest BCUT2D eigenvalue weighted by molar-refractivity contribution is -0.119. The van der Waals surface area contributed by atoms with Gasteiger partial charge < -0.3 is 15.5 Å². The predicted molar refractivity (Wildman–Crippen MR) is 76.6 cm³/mol. The van der Waals surface area contributed by atoms with Gasteiger partial charge in [0.1, 0.15) is 0 Å². The first kappa shape index (κ1) is 12.9. The molecule has 2 N–H and O–H groups in total. The van der Waals surface area contributed by atoms with Crippen molar-refractivity contribution in [3.63, 3.8) is 0 Å². The summed E-state index contributed by atoms with van der Waals surface area (Å²) >= 11 is 5.87. The molecule has 4 nitrogen and oxygen atoms in total. The smallest absolute Gasteiger partial charge is 0.244 e. The fourth-order valence-corrected chi connectivity index (χ4v) is 2.92. The van der Waals surface area contributed by atoms with Gasteiger partial charge in [-0.3, -0.25) is 4.79 Å². The fourth-order valence-electron chi connectivity index (χ4n) is 2.79. The molecule has 19 heavy (non-hydrogen) atoms. The molecule has 102 valence electrons. The summed E-state index contributed by atoms with van der Waals surface area (Å²) in [5.41, 5.74) is 0.934. The average Bonchev–Trinajstić information content (AvgIpc) is 3.03. The molecule has 2 atom stereocenters. The normalized spacial score (nSPS) is 27.2. The summed E-state index contributed by atoms with van der Waals surface area (Å²) in [6, 6.07) is 7.84. The van der Waals surface area contributed by atoms with E-state index in [2.05, 4.69) is 10.6 Å². The van der Waals surface area contributed by atoms with Gasteiger partial charge in [-0.25, -0.2) is 0 Å². The van der Waals surface area contributed by atoms with E-state index in [0.29, 0.717) is 11.1 Å². The van der Waals surface area contributed by atoms with Crippen LogP contribution in [0.2, 0.25) is 5.02 Å². The summed E-state index contributed by atoms with van der Waals surface area (Å²) < 4.78 is 0. The number of carbonyl (C=O) groups is 1. The van der Waals surface area contributed by atoms with Crippen LogP contribution in [0, 0.1) is 0 Å². The maximum absolute atomic E-state index is 12.4. The number of hydrogen-bond acceptors (Lipinski definition) is 3. The third-order valence-corrected chi connectivity index (χ3v) is 4.09. The van der Waals surface area contributed by atoms with Crippen LogP contribution in [0.1, 0.15) is 12.8 Å². The number of carbonyl (C=O) groups excluding carboxylic acids is 1. The molecule has 1 aromatic rings. The Morgan fingerprint density at radius 2 is 2.05 bits per heavy atom. The lowest BCUT2D eigenvalue weighted by Gasteiger charge is -2.19. The molecule has 3 rings (SSSR count). The van der Waals surface area contributed by atoms with E-state index in [4.69, 9.17) is 11.6 Å². The SMILES string of the molecule is O=C1C(NC2CCNC2)CCN1c1ccc(Cl)cc1. The molecule has 0 spiro atoms. The molecule has 2 aliphatic heterocycles. The zero-order valence-corrected chi connectivity index (χ0v) is 11.5. The number of anilines is 1. The van der Waals surface area contributed by atoms with Crippen molar-refractivity contribution < 1.29 is 4.79 Å². The zero-order chi connectivity index (χ0) is 13.2. The Morgan fingerprint density at radius 1 is 1.26 bits per heavy atom. The molecule has 1 aromatic carbocycles. The van der Waals surface area contributed by atoms with Gasteiger partial charge in [0.25, 0.3) is 0 Å².